The predicted octanol–water partition coefficient (Wildman–Crippen LogP) is 2.81. The number of nitrogens with one attached hydrogen (secondary N) is 2. The fourth-order valence-electron chi connectivity index (χ4n) is 2.35. The lowest BCUT2D eigenvalue weighted by molar-refractivity contribution is 0.445. The zero-order chi connectivity index (χ0) is 13.7. The van der Waals surface area contributed by atoms with Crippen LogP contribution in [0.4, 0.5) is 6.01 Å². The number of hydrogen-bond donors (Lipinski definition) is 2. The molecule has 0 atom stereocenters. The molecule has 0 unspecified atom stereocenters. The maximum Gasteiger partial charge on any atom is 0.315 e. The van der Waals surface area contributed by atoms with Crippen LogP contribution in [0, 0.1) is 11.3 Å². The van der Waals surface area contributed by atoms with Crippen LogP contribution in [-0.2, 0) is 6.54 Å². The summed E-state index contributed by atoms with van der Waals surface area (Å²) >= 11 is 0. The van der Waals surface area contributed by atoms with Crippen molar-refractivity contribution in [2.24, 2.45) is 11.3 Å². The molecule has 1 fully saturated rings. The summed E-state index contributed by atoms with van der Waals surface area (Å²) in [5, 5.41) is 14.7. The molecule has 0 saturated heterocycles. The molecule has 1 heterocycles. The fraction of sp³-hybridized carbons (Fsp3) is 0.857. The molecule has 0 aromatic carbocycles. The van der Waals surface area contributed by atoms with Crippen LogP contribution in [-0.4, -0.2) is 23.3 Å². The van der Waals surface area contributed by atoms with Crippen LogP contribution in [0.2, 0.25) is 0 Å². The topological polar surface area (TPSA) is 63.0 Å². The van der Waals surface area contributed by atoms with Gasteiger partial charge in [-0.15, -0.1) is 5.10 Å². The minimum atomic E-state index is 0.499. The van der Waals surface area contributed by atoms with E-state index in [0.717, 1.165) is 13.1 Å². The quantitative estimate of drug-likeness (QED) is 0.719. The average molecular weight is 266 g/mol. The maximum absolute atomic E-state index is 5.57. The smallest absolute Gasteiger partial charge is 0.315 e. The van der Waals surface area contributed by atoms with Gasteiger partial charge < -0.3 is 15.1 Å². The minimum absolute atomic E-state index is 0.499. The van der Waals surface area contributed by atoms with Gasteiger partial charge in [-0.2, -0.15) is 0 Å². The Labute approximate surface area is 115 Å². The van der Waals surface area contributed by atoms with Crippen molar-refractivity contribution in [2.45, 2.75) is 53.0 Å². The van der Waals surface area contributed by atoms with E-state index in [9.17, 15) is 0 Å². The highest BCUT2D eigenvalue weighted by Crippen LogP contribution is 2.49. The first-order chi connectivity index (χ1) is 9.13. The largest absolute Gasteiger partial charge is 0.407 e. The summed E-state index contributed by atoms with van der Waals surface area (Å²) in [4.78, 5) is 0. The molecule has 1 saturated carbocycles. The molecule has 1 aromatic heterocycles. The van der Waals surface area contributed by atoms with Gasteiger partial charge in [0.15, 0.2) is 0 Å². The van der Waals surface area contributed by atoms with E-state index in [1.165, 1.54) is 25.7 Å². The zero-order valence-electron chi connectivity index (χ0n) is 12.3. The Morgan fingerprint density at radius 3 is 2.74 bits per heavy atom. The molecule has 1 aromatic rings. The Kier molecular flexibility index (Phi) is 4.80. The molecule has 1 aliphatic carbocycles. The Hall–Kier alpha value is -1.10. The number of rotatable bonds is 9. The molecule has 5 heteroatoms. The Morgan fingerprint density at radius 1 is 1.32 bits per heavy atom. The van der Waals surface area contributed by atoms with Crippen molar-refractivity contribution in [3.05, 3.63) is 5.89 Å². The summed E-state index contributed by atoms with van der Waals surface area (Å²) in [5.41, 5.74) is 0.499. The Bertz CT molecular complexity index is 385. The second-order valence-electron chi connectivity index (χ2n) is 6.13. The van der Waals surface area contributed by atoms with Crippen molar-refractivity contribution in [3.63, 3.8) is 0 Å². The van der Waals surface area contributed by atoms with E-state index < -0.39 is 0 Å². The number of nitrogens with zero attached hydrogens (tertiary/aromatic N) is 2. The third-order valence-electron chi connectivity index (χ3n) is 3.65. The average Bonchev–Trinajstić information content (AvgIpc) is 2.98. The summed E-state index contributed by atoms with van der Waals surface area (Å²) in [6.07, 6.45) is 5.18. The molecule has 0 aliphatic heterocycles. The van der Waals surface area contributed by atoms with E-state index in [0.29, 0.717) is 29.8 Å². The summed E-state index contributed by atoms with van der Waals surface area (Å²) < 4.78 is 5.57. The highest BCUT2D eigenvalue weighted by molar-refractivity contribution is 5.19. The van der Waals surface area contributed by atoms with Crippen molar-refractivity contribution in [1.82, 2.24) is 15.5 Å². The van der Waals surface area contributed by atoms with E-state index >= 15 is 0 Å². The highest BCUT2D eigenvalue weighted by atomic mass is 16.4. The second-order valence-corrected chi connectivity index (χ2v) is 6.13. The molecule has 0 spiro atoms. The fourth-order valence-corrected chi connectivity index (χ4v) is 2.35. The second kappa shape index (κ2) is 6.37. The van der Waals surface area contributed by atoms with Gasteiger partial charge in [-0.3, -0.25) is 0 Å². The van der Waals surface area contributed by atoms with Gasteiger partial charge in [-0.25, -0.2) is 0 Å². The summed E-state index contributed by atoms with van der Waals surface area (Å²) in [6, 6.07) is 0.559. The SMILES string of the molecule is CCCC1(CNc2nnc(CNCC(C)C)o2)CC1. The number of aromatic nitrogens is 2. The van der Waals surface area contributed by atoms with E-state index in [2.05, 4.69) is 41.6 Å². The van der Waals surface area contributed by atoms with Gasteiger partial charge in [-0.1, -0.05) is 32.3 Å². The number of anilines is 1. The molecule has 5 nitrogen and oxygen atoms in total. The van der Waals surface area contributed by atoms with Crippen molar-refractivity contribution < 1.29 is 4.42 Å². The van der Waals surface area contributed by atoms with Gasteiger partial charge in [-0.05, 0) is 37.1 Å². The highest BCUT2D eigenvalue weighted by Gasteiger charge is 2.41. The first kappa shape index (κ1) is 14.3. The third kappa shape index (κ3) is 4.49. The van der Waals surface area contributed by atoms with Gasteiger partial charge in [0.2, 0.25) is 5.89 Å². The summed E-state index contributed by atoms with van der Waals surface area (Å²) in [5.74, 6) is 1.28. The van der Waals surface area contributed by atoms with Gasteiger partial charge in [0, 0.05) is 6.54 Å². The van der Waals surface area contributed by atoms with Crippen LogP contribution < -0.4 is 10.6 Å². The first-order valence-electron chi connectivity index (χ1n) is 7.40. The number of hydrogen-bond acceptors (Lipinski definition) is 5. The maximum atomic E-state index is 5.57. The van der Waals surface area contributed by atoms with Crippen molar-refractivity contribution >= 4 is 6.01 Å². The molecule has 2 N–H and O–H groups in total. The molecule has 19 heavy (non-hydrogen) atoms. The lowest BCUT2D eigenvalue weighted by atomic mass is 10.0. The lowest BCUT2D eigenvalue weighted by Gasteiger charge is -2.13. The molecular formula is C14H26N4O. The van der Waals surface area contributed by atoms with Crippen molar-refractivity contribution in [1.29, 1.82) is 0 Å². The monoisotopic (exact) mass is 266 g/mol. The van der Waals surface area contributed by atoms with E-state index in [1.54, 1.807) is 0 Å². The molecule has 0 amide bonds. The van der Waals surface area contributed by atoms with Gasteiger partial charge in [0.05, 0.1) is 6.54 Å². The molecule has 1 aliphatic rings. The third-order valence-corrected chi connectivity index (χ3v) is 3.65. The van der Waals surface area contributed by atoms with E-state index in [-0.39, 0.29) is 0 Å². The molecule has 0 radical (unpaired) electrons. The zero-order valence-corrected chi connectivity index (χ0v) is 12.3. The van der Waals surface area contributed by atoms with Crippen LogP contribution >= 0.6 is 0 Å². The van der Waals surface area contributed by atoms with Crippen LogP contribution in [0.15, 0.2) is 4.42 Å². The normalized spacial score (nSPS) is 16.8. The molecule has 2 rings (SSSR count). The minimum Gasteiger partial charge on any atom is -0.407 e. The predicted molar refractivity (Wildman–Crippen MR) is 75.9 cm³/mol. The van der Waals surface area contributed by atoms with Crippen molar-refractivity contribution in [2.75, 3.05) is 18.4 Å². The van der Waals surface area contributed by atoms with E-state index in [4.69, 9.17) is 4.42 Å². The Balaban J connectivity index is 1.72. The van der Waals surface area contributed by atoms with Gasteiger partial charge in [0.1, 0.15) is 0 Å². The van der Waals surface area contributed by atoms with E-state index in [1.807, 2.05) is 0 Å². The van der Waals surface area contributed by atoms with Crippen LogP contribution in [0.5, 0.6) is 0 Å². The lowest BCUT2D eigenvalue weighted by Crippen LogP contribution is -2.19. The van der Waals surface area contributed by atoms with Crippen LogP contribution in [0.25, 0.3) is 0 Å². The summed E-state index contributed by atoms with van der Waals surface area (Å²) in [6.45, 7) is 9.16. The van der Waals surface area contributed by atoms with Crippen molar-refractivity contribution in [3.8, 4) is 0 Å². The van der Waals surface area contributed by atoms with Crippen LogP contribution in [0.1, 0.15) is 52.3 Å². The van der Waals surface area contributed by atoms with Crippen LogP contribution in [0.3, 0.4) is 0 Å². The summed E-state index contributed by atoms with van der Waals surface area (Å²) in [7, 11) is 0. The standard InChI is InChI=1S/C14H26N4O/c1-4-5-14(6-7-14)10-16-13-18-17-12(19-13)9-15-8-11(2)3/h11,15H,4-10H2,1-3H3,(H,16,18). The molecule has 108 valence electrons. The van der Waals surface area contributed by atoms with Gasteiger partial charge >= 0.3 is 6.01 Å². The first-order valence-corrected chi connectivity index (χ1v) is 7.40. The Morgan fingerprint density at radius 2 is 2.11 bits per heavy atom. The molecular weight excluding hydrogens is 240 g/mol. The molecule has 0 bridgehead atoms. The van der Waals surface area contributed by atoms with Gasteiger partial charge in [0.25, 0.3) is 0 Å².